The zero-order chi connectivity index (χ0) is 45.0. The van der Waals surface area contributed by atoms with Crippen LogP contribution in [0.3, 0.4) is 0 Å². The van der Waals surface area contributed by atoms with Gasteiger partial charge in [0, 0.05) is 26.9 Å². The maximum Gasteiger partial charge on any atom is 0.305 e. The number of halogens is 1. The molecule has 16 heteroatoms. The van der Waals surface area contributed by atoms with Crippen molar-refractivity contribution in [2.24, 2.45) is 0 Å². The Morgan fingerprint density at radius 1 is 0.635 bits per heavy atom. The first-order valence-corrected chi connectivity index (χ1v) is 21.9. The molecule has 3 aromatic carbocycles. The van der Waals surface area contributed by atoms with Crippen LogP contribution in [-0.2, 0) is 81.6 Å². The highest BCUT2D eigenvalue weighted by Crippen LogP contribution is 2.36. The zero-order valence-electron chi connectivity index (χ0n) is 36.1. The van der Waals surface area contributed by atoms with Gasteiger partial charge in [0.05, 0.1) is 26.9 Å². The zero-order valence-corrected chi connectivity index (χ0v) is 36.8. The summed E-state index contributed by atoms with van der Waals surface area (Å²) in [6.45, 7) is 2.72. The van der Waals surface area contributed by atoms with E-state index in [0.29, 0.717) is 12.8 Å². The summed E-state index contributed by atoms with van der Waals surface area (Å²) in [5.74, 6) is -1.54. The van der Waals surface area contributed by atoms with Gasteiger partial charge in [0.15, 0.2) is 30.4 Å². The molecule has 2 aliphatic heterocycles. The average Bonchev–Trinajstić information content (AvgIpc) is 3.28. The number of ether oxygens (including phenoxy) is 10. The first-order chi connectivity index (χ1) is 30.5. The van der Waals surface area contributed by atoms with E-state index in [1.165, 1.54) is 21.0 Å². The van der Waals surface area contributed by atoms with Gasteiger partial charge in [-0.15, -0.1) is 0 Å². The monoisotopic (exact) mass is 900 g/mol. The van der Waals surface area contributed by atoms with Crippen molar-refractivity contribution in [3.8, 4) is 0 Å². The number of unbranched alkanes of at least 4 members (excludes halogenated alkanes) is 5. The van der Waals surface area contributed by atoms with Gasteiger partial charge in [0.1, 0.15) is 43.2 Å². The molecular weight excluding hydrogens is 840 g/mol. The molecule has 2 saturated heterocycles. The molecule has 63 heavy (non-hydrogen) atoms. The Morgan fingerprint density at radius 2 is 1.16 bits per heavy atom. The fourth-order valence-electron chi connectivity index (χ4n) is 7.40. The molecule has 2 fully saturated rings. The van der Waals surface area contributed by atoms with Gasteiger partial charge in [0.25, 0.3) is 0 Å². The molecular formula is C47H61ClO15. The van der Waals surface area contributed by atoms with Gasteiger partial charge >= 0.3 is 17.9 Å². The van der Waals surface area contributed by atoms with Crippen LogP contribution in [0.1, 0.15) is 75.5 Å². The average molecular weight is 901 g/mol. The quantitative estimate of drug-likeness (QED) is 0.0443. The van der Waals surface area contributed by atoms with Crippen LogP contribution >= 0.6 is 11.6 Å². The van der Waals surface area contributed by atoms with Gasteiger partial charge in [0.2, 0.25) is 0 Å². The standard InChI is InChI=1S/C47H61ClO15/c1-31(49)56-30-36-39(57-27-33-19-11-8-12-20-33)42(58-28-34-21-13-9-14-22-34)43(59-29-35-23-15-10-16-24-35)47(61-36)63-44-40(60-32(2)50)38(52)41(45(48)53)62-46(44)55-26-18-7-5-4-6-17-25-37(51)54-3/h8-16,19-24,36,38-47,52-53H,4-7,17-18,25-30H2,1-3H3/t36-,38+,39-,40+,41+,42+,43-,44-,45?,46+,47+/m1/s1. The van der Waals surface area contributed by atoms with Crippen molar-refractivity contribution in [1.29, 1.82) is 0 Å². The third kappa shape index (κ3) is 16.2. The number of carbonyl (C=O) groups excluding carboxylic acids is 3. The lowest BCUT2D eigenvalue weighted by atomic mass is 9.96. The summed E-state index contributed by atoms with van der Waals surface area (Å²) in [7, 11) is 1.37. The van der Waals surface area contributed by atoms with E-state index in [2.05, 4.69) is 0 Å². The Morgan fingerprint density at radius 3 is 1.68 bits per heavy atom. The van der Waals surface area contributed by atoms with E-state index in [0.717, 1.165) is 48.8 Å². The number of esters is 3. The van der Waals surface area contributed by atoms with E-state index in [-0.39, 0.29) is 39.0 Å². The molecule has 0 saturated carbocycles. The molecule has 1 unspecified atom stereocenters. The number of rotatable bonds is 25. The third-order valence-corrected chi connectivity index (χ3v) is 10.9. The van der Waals surface area contributed by atoms with Gasteiger partial charge in [-0.3, -0.25) is 14.4 Å². The predicted molar refractivity (Wildman–Crippen MR) is 228 cm³/mol. The number of hydrogen-bond donors (Lipinski definition) is 2. The minimum Gasteiger partial charge on any atom is -0.469 e. The lowest BCUT2D eigenvalue weighted by molar-refractivity contribution is -0.378. The Balaban J connectivity index is 1.47. The van der Waals surface area contributed by atoms with E-state index in [9.17, 15) is 24.6 Å². The van der Waals surface area contributed by atoms with Gasteiger partial charge in [-0.2, -0.15) is 0 Å². The Labute approximate surface area is 374 Å². The van der Waals surface area contributed by atoms with Crippen molar-refractivity contribution < 1.29 is 72.0 Å². The maximum atomic E-state index is 12.6. The molecule has 11 atom stereocenters. The van der Waals surface area contributed by atoms with Crippen LogP contribution in [0.5, 0.6) is 0 Å². The van der Waals surface area contributed by atoms with Crippen molar-refractivity contribution in [1.82, 2.24) is 0 Å². The molecule has 3 aromatic rings. The lowest BCUT2D eigenvalue weighted by Gasteiger charge is -2.49. The summed E-state index contributed by atoms with van der Waals surface area (Å²) in [6, 6.07) is 28.5. The Hall–Kier alpha value is -4.00. The molecule has 0 radical (unpaired) electrons. The SMILES string of the molecule is COC(=O)CCCCCCCCO[C@H]1O[C@H](C(O)Cl)[C@@H](O)[C@H](OC(C)=O)[C@H]1O[C@@H]1O[C@H](COC(C)=O)[C@@H](OCc2ccccc2)[C@H](OCc2ccccc2)[C@H]1OCc1ccccc1. The number of aliphatic hydroxyl groups is 2. The number of methoxy groups -OCH3 is 1. The molecule has 0 amide bonds. The summed E-state index contributed by atoms with van der Waals surface area (Å²) >= 11 is 6.12. The molecule has 346 valence electrons. The van der Waals surface area contributed by atoms with Crippen molar-refractivity contribution in [3.05, 3.63) is 108 Å². The van der Waals surface area contributed by atoms with E-state index < -0.39 is 78.9 Å². The van der Waals surface area contributed by atoms with Crippen molar-refractivity contribution >= 4 is 29.5 Å². The van der Waals surface area contributed by atoms with Crippen LogP contribution in [-0.4, -0.2) is 115 Å². The van der Waals surface area contributed by atoms with E-state index in [4.69, 9.17) is 59.0 Å². The van der Waals surface area contributed by atoms with E-state index in [1.54, 1.807) is 0 Å². The fourth-order valence-corrected chi connectivity index (χ4v) is 7.61. The van der Waals surface area contributed by atoms with Gasteiger partial charge in [-0.1, -0.05) is 128 Å². The topological polar surface area (TPSA) is 184 Å². The summed E-state index contributed by atoms with van der Waals surface area (Å²) in [4.78, 5) is 36.4. The summed E-state index contributed by atoms with van der Waals surface area (Å²) in [5, 5.41) is 22.0. The Bertz CT molecular complexity index is 1770. The number of aliphatic hydroxyl groups excluding tert-OH is 2. The highest BCUT2D eigenvalue weighted by atomic mass is 35.5. The number of carbonyl (C=O) groups is 3. The number of alkyl halides is 1. The van der Waals surface area contributed by atoms with E-state index in [1.807, 2.05) is 91.0 Å². The highest BCUT2D eigenvalue weighted by Gasteiger charge is 2.55. The van der Waals surface area contributed by atoms with Crippen LogP contribution in [0.25, 0.3) is 0 Å². The smallest absolute Gasteiger partial charge is 0.305 e. The minimum atomic E-state index is -1.71. The lowest BCUT2D eigenvalue weighted by Crippen LogP contribution is -2.66. The van der Waals surface area contributed by atoms with Crippen LogP contribution < -0.4 is 0 Å². The molecule has 0 aromatic heterocycles. The molecule has 2 N–H and O–H groups in total. The summed E-state index contributed by atoms with van der Waals surface area (Å²) < 4.78 is 61.8. The predicted octanol–water partition coefficient (Wildman–Crippen LogP) is 5.91. The first-order valence-electron chi connectivity index (χ1n) is 21.5. The second kappa shape index (κ2) is 26.7. The van der Waals surface area contributed by atoms with Crippen molar-refractivity contribution in [2.45, 2.75) is 146 Å². The maximum absolute atomic E-state index is 12.6. The highest BCUT2D eigenvalue weighted by molar-refractivity contribution is 6.19. The molecule has 0 spiro atoms. The van der Waals surface area contributed by atoms with Crippen LogP contribution in [0.4, 0.5) is 0 Å². The van der Waals surface area contributed by atoms with Gasteiger partial charge in [-0.05, 0) is 29.5 Å². The third-order valence-electron chi connectivity index (χ3n) is 10.6. The molecule has 2 heterocycles. The van der Waals surface area contributed by atoms with Crippen LogP contribution in [0.15, 0.2) is 91.0 Å². The first kappa shape index (κ1) is 50.0. The van der Waals surface area contributed by atoms with Crippen LogP contribution in [0, 0.1) is 0 Å². The number of benzene rings is 3. The molecule has 5 rings (SSSR count). The number of hydrogen-bond acceptors (Lipinski definition) is 15. The largest absolute Gasteiger partial charge is 0.469 e. The summed E-state index contributed by atoms with van der Waals surface area (Å²) in [5.41, 5.74) is 0.854. The molecule has 15 nitrogen and oxygen atoms in total. The molecule has 2 aliphatic rings. The molecule has 0 aliphatic carbocycles. The summed E-state index contributed by atoms with van der Waals surface area (Å²) in [6.07, 6.45) is -7.45. The van der Waals surface area contributed by atoms with Crippen molar-refractivity contribution in [3.63, 3.8) is 0 Å². The molecule has 0 bridgehead atoms. The Kier molecular flexibility index (Phi) is 21.2. The van der Waals surface area contributed by atoms with E-state index >= 15 is 0 Å². The normalized spacial score (nSPS) is 26.4. The van der Waals surface area contributed by atoms with Gasteiger partial charge in [-0.25, -0.2) is 0 Å². The van der Waals surface area contributed by atoms with Crippen molar-refractivity contribution in [2.75, 3.05) is 20.3 Å². The minimum absolute atomic E-state index is 0.0836. The van der Waals surface area contributed by atoms with Crippen LogP contribution in [0.2, 0.25) is 0 Å². The van der Waals surface area contributed by atoms with Gasteiger partial charge < -0.3 is 57.6 Å². The second-order valence-corrected chi connectivity index (χ2v) is 15.9. The second-order valence-electron chi connectivity index (χ2n) is 15.5. The fraction of sp³-hybridized carbons (Fsp3) is 0.553.